The van der Waals surface area contributed by atoms with Gasteiger partial charge in [-0.05, 0) is 19.4 Å². The van der Waals surface area contributed by atoms with Crippen LogP contribution in [0.2, 0.25) is 0 Å². The van der Waals surface area contributed by atoms with Gasteiger partial charge in [-0.2, -0.15) is 0 Å². The first kappa shape index (κ1) is 14.7. The van der Waals surface area contributed by atoms with Crippen molar-refractivity contribution in [1.29, 1.82) is 0 Å². The van der Waals surface area contributed by atoms with Crippen molar-refractivity contribution in [3.8, 4) is 5.75 Å². The van der Waals surface area contributed by atoms with E-state index in [9.17, 15) is 5.11 Å². The molecule has 0 radical (unpaired) electrons. The van der Waals surface area contributed by atoms with Crippen molar-refractivity contribution in [2.75, 3.05) is 19.8 Å². The number of para-hydroxylation sites is 1. The molecule has 0 aromatic heterocycles. The largest absolute Gasteiger partial charge is 0.508 e. The molecule has 0 fully saturated rings. The van der Waals surface area contributed by atoms with Crippen molar-refractivity contribution in [2.45, 2.75) is 26.3 Å². The van der Waals surface area contributed by atoms with Gasteiger partial charge in [0.2, 0.25) is 0 Å². The molecule has 0 bridgehead atoms. The van der Waals surface area contributed by atoms with E-state index in [0.717, 1.165) is 24.1 Å². The minimum absolute atomic E-state index is 0.166. The molecule has 0 saturated heterocycles. The highest BCUT2D eigenvalue weighted by molar-refractivity contribution is 5.34. The Labute approximate surface area is 109 Å². The Hall–Kier alpha value is -1.32. The number of phenols is 1. The van der Waals surface area contributed by atoms with E-state index in [1.165, 1.54) is 0 Å². The van der Waals surface area contributed by atoms with Crippen LogP contribution in [0.25, 0.3) is 0 Å². The second-order valence-corrected chi connectivity index (χ2v) is 4.48. The standard InChI is InChI=1S/C15H23NO2/c1-4-14(13-7-5-6-8-15(13)17)16-9-10-18-11-12(2)3/h5-8,14,16-17H,2,4,9-11H2,1,3H3. The molecule has 0 amide bonds. The third kappa shape index (κ3) is 4.90. The lowest BCUT2D eigenvalue weighted by Gasteiger charge is -2.18. The molecule has 1 aromatic rings. The van der Waals surface area contributed by atoms with E-state index in [0.29, 0.717) is 19.0 Å². The Morgan fingerprint density at radius 1 is 1.44 bits per heavy atom. The second kappa shape index (κ2) is 7.90. The Morgan fingerprint density at radius 3 is 2.78 bits per heavy atom. The molecule has 0 spiro atoms. The topological polar surface area (TPSA) is 41.5 Å². The van der Waals surface area contributed by atoms with Gasteiger partial charge in [0.15, 0.2) is 0 Å². The molecule has 0 saturated carbocycles. The molecule has 1 atom stereocenters. The van der Waals surface area contributed by atoms with Gasteiger partial charge >= 0.3 is 0 Å². The zero-order chi connectivity index (χ0) is 13.4. The number of phenolic OH excluding ortho intramolecular Hbond substituents is 1. The third-order valence-corrected chi connectivity index (χ3v) is 2.71. The van der Waals surface area contributed by atoms with Gasteiger partial charge in [-0.15, -0.1) is 0 Å². The smallest absolute Gasteiger partial charge is 0.120 e. The van der Waals surface area contributed by atoms with Gasteiger partial charge in [0, 0.05) is 18.2 Å². The summed E-state index contributed by atoms with van der Waals surface area (Å²) < 4.78 is 5.43. The van der Waals surface area contributed by atoms with E-state index in [-0.39, 0.29) is 6.04 Å². The van der Waals surface area contributed by atoms with Crippen LogP contribution in [0.1, 0.15) is 31.9 Å². The lowest BCUT2D eigenvalue weighted by molar-refractivity contribution is 0.155. The molecule has 100 valence electrons. The summed E-state index contributed by atoms with van der Waals surface area (Å²) in [5.74, 6) is 0.347. The number of aromatic hydroxyl groups is 1. The lowest BCUT2D eigenvalue weighted by atomic mass is 10.0. The fraction of sp³-hybridized carbons (Fsp3) is 0.467. The average Bonchev–Trinajstić information content (AvgIpc) is 2.35. The van der Waals surface area contributed by atoms with E-state index in [1.807, 2.05) is 25.1 Å². The van der Waals surface area contributed by atoms with E-state index >= 15 is 0 Å². The third-order valence-electron chi connectivity index (χ3n) is 2.71. The van der Waals surface area contributed by atoms with Gasteiger partial charge in [0.1, 0.15) is 5.75 Å². The molecule has 0 aliphatic heterocycles. The normalized spacial score (nSPS) is 12.3. The van der Waals surface area contributed by atoms with Crippen LogP contribution in [0.5, 0.6) is 5.75 Å². The number of hydrogen-bond acceptors (Lipinski definition) is 3. The van der Waals surface area contributed by atoms with Gasteiger partial charge in [0.05, 0.1) is 13.2 Å². The Bertz CT molecular complexity index is 377. The summed E-state index contributed by atoms with van der Waals surface area (Å²) in [6.45, 7) is 9.85. The van der Waals surface area contributed by atoms with Crippen molar-refractivity contribution in [3.63, 3.8) is 0 Å². The van der Waals surface area contributed by atoms with Crippen molar-refractivity contribution in [2.24, 2.45) is 0 Å². The molecule has 2 N–H and O–H groups in total. The summed E-state index contributed by atoms with van der Waals surface area (Å²) in [5, 5.41) is 13.2. The average molecular weight is 249 g/mol. The van der Waals surface area contributed by atoms with E-state index in [1.54, 1.807) is 6.07 Å². The molecule has 0 aliphatic carbocycles. The molecule has 18 heavy (non-hydrogen) atoms. The van der Waals surface area contributed by atoms with E-state index in [4.69, 9.17) is 4.74 Å². The summed E-state index contributed by atoms with van der Waals surface area (Å²) in [5.41, 5.74) is 1.97. The number of benzene rings is 1. The van der Waals surface area contributed by atoms with Crippen LogP contribution in [0.4, 0.5) is 0 Å². The SMILES string of the molecule is C=C(C)COCCNC(CC)c1ccccc1O. The Morgan fingerprint density at radius 2 is 2.17 bits per heavy atom. The van der Waals surface area contributed by atoms with Crippen LogP contribution < -0.4 is 5.32 Å². The van der Waals surface area contributed by atoms with Gasteiger partial charge < -0.3 is 15.2 Å². The Kier molecular flexibility index (Phi) is 6.47. The molecule has 3 nitrogen and oxygen atoms in total. The Balaban J connectivity index is 2.39. The van der Waals surface area contributed by atoms with E-state index < -0.39 is 0 Å². The molecular formula is C15H23NO2. The first-order valence-electron chi connectivity index (χ1n) is 6.38. The van der Waals surface area contributed by atoms with Crippen molar-refractivity contribution < 1.29 is 9.84 Å². The number of nitrogens with one attached hydrogen (secondary N) is 1. The summed E-state index contributed by atoms with van der Waals surface area (Å²) in [7, 11) is 0. The highest BCUT2D eigenvalue weighted by Gasteiger charge is 2.11. The molecule has 0 heterocycles. The van der Waals surface area contributed by atoms with Crippen LogP contribution >= 0.6 is 0 Å². The number of hydrogen-bond donors (Lipinski definition) is 2. The fourth-order valence-electron chi connectivity index (χ4n) is 1.81. The van der Waals surface area contributed by atoms with Crippen molar-refractivity contribution >= 4 is 0 Å². The molecule has 3 heteroatoms. The summed E-state index contributed by atoms with van der Waals surface area (Å²) in [6, 6.07) is 7.61. The zero-order valence-corrected chi connectivity index (χ0v) is 11.3. The minimum atomic E-state index is 0.166. The van der Waals surface area contributed by atoms with Gasteiger partial charge in [0.25, 0.3) is 0 Å². The predicted octanol–water partition coefficient (Wildman–Crippen LogP) is 3.03. The van der Waals surface area contributed by atoms with Crippen LogP contribution in [-0.4, -0.2) is 24.9 Å². The summed E-state index contributed by atoms with van der Waals surface area (Å²) >= 11 is 0. The maximum atomic E-state index is 9.80. The van der Waals surface area contributed by atoms with Crippen molar-refractivity contribution in [1.82, 2.24) is 5.32 Å². The maximum absolute atomic E-state index is 9.80. The van der Waals surface area contributed by atoms with Gasteiger partial charge in [-0.25, -0.2) is 0 Å². The quantitative estimate of drug-likeness (QED) is 0.549. The van der Waals surface area contributed by atoms with Gasteiger partial charge in [-0.3, -0.25) is 0 Å². The monoisotopic (exact) mass is 249 g/mol. The van der Waals surface area contributed by atoms with Crippen LogP contribution in [0.15, 0.2) is 36.4 Å². The molecular weight excluding hydrogens is 226 g/mol. The van der Waals surface area contributed by atoms with Crippen LogP contribution in [0.3, 0.4) is 0 Å². The first-order valence-corrected chi connectivity index (χ1v) is 6.38. The predicted molar refractivity (Wildman–Crippen MR) is 74.8 cm³/mol. The number of ether oxygens (including phenoxy) is 1. The molecule has 0 aliphatic rings. The maximum Gasteiger partial charge on any atom is 0.120 e. The van der Waals surface area contributed by atoms with E-state index in [2.05, 4.69) is 18.8 Å². The lowest BCUT2D eigenvalue weighted by Crippen LogP contribution is -2.25. The van der Waals surface area contributed by atoms with Crippen LogP contribution in [0, 0.1) is 0 Å². The van der Waals surface area contributed by atoms with Gasteiger partial charge in [-0.1, -0.05) is 37.3 Å². The highest BCUT2D eigenvalue weighted by Crippen LogP contribution is 2.25. The molecule has 1 rings (SSSR count). The first-order chi connectivity index (χ1) is 8.65. The molecule has 1 aromatic carbocycles. The van der Waals surface area contributed by atoms with Crippen LogP contribution in [-0.2, 0) is 4.74 Å². The summed E-state index contributed by atoms with van der Waals surface area (Å²) in [4.78, 5) is 0. The minimum Gasteiger partial charge on any atom is -0.508 e. The fourth-order valence-corrected chi connectivity index (χ4v) is 1.81. The summed E-state index contributed by atoms with van der Waals surface area (Å²) in [6.07, 6.45) is 0.929. The van der Waals surface area contributed by atoms with Crippen molar-refractivity contribution in [3.05, 3.63) is 42.0 Å². The zero-order valence-electron chi connectivity index (χ0n) is 11.3. The second-order valence-electron chi connectivity index (χ2n) is 4.48. The molecule has 1 unspecified atom stereocenters. The number of rotatable bonds is 8. The highest BCUT2D eigenvalue weighted by atomic mass is 16.5.